The van der Waals surface area contributed by atoms with E-state index in [1.807, 2.05) is 18.3 Å². The van der Waals surface area contributed by atoms with Crippen LogP contribution in [0.3, 0.4) is 0 Å². The number of unbranched alkanes of at least 4 members (excludes halogenated alkanes) is 1. The molecule has 4 heteroatoms. The van der Waals surface area contributed by atoms with Gasteiger partial charge in [0, 0.05) is 34.9 Å². The van der Waals surface area contributed by atoms with Gasteiger partial charge in [-0.1, -0.05) is 11.6 Å². The predicted octanol–water partition coefficient (Wildman–Crippen LogP) is 6.27. The Kier molecular flexibility index (Phi) is 5.47. The molecule has 29 heavy (non-hydrogen) atoms. The number of nitrogens with one attached hydrogen (secondary N) is 2. The van der Waals surface area contributed by atoms with Gasteiger partial charge in [0.15, 0.2) is 0 Å². The number of nitrogens with zero attached hydrogens (tertiary/aromatic N) is 1. The number of halogens is 1. The standard InChI is InChI=1S/C25H34ClN3/c1-17(25-14-18-10-19(15-25)12-20(11-18)16-25)27-7-2-3-8-28-23-6-9-29-24-13-21(26)4-5-22(23)24/h4-6,9,13,17-20,27H,2-3,7-8,10-12,14-16H2,1H3,(H,28,29). The summed E-state index contributed by atoms with van der Waals surface area (Å²) < 4.78 is 0. The summed E-state index contributed by atoms with van der Waals surface area (Å²) in [6.45, 7) is 4.60. The van der Waals surface area contributed by atoms with Crippen LogP contribution in [0.5, 0.6) is 0 Å². The third kappa shape index (κ3) is 4.01. The monoisotopic (exact) mass is 411 g/mol. The zero-order chi connectivity index (χ0) is 19.8. The second kappa shape index (κ2) is 8.07. The molecule has 1 atom stereocenters. The Balaban J connectivity index is 1.07. The molecular formula is C25H34ClN3. The summed E-state index contributed by atoms with van der Waals surface area (Å²) in [6.07, 6.45) is 13.3. The van der Waals surface area contributed by atoms with Crippen molar-refractivity contribution >= 4 is 28.2 Å². The highest BCUT2D eigenvalue weighted by molar-refractivity contribution is 6.31. The van der Waals surface area contributed by atoms with Crippen LogP contribution in [0.2, 0.25) is 5.02 Å². The molecule has 0 spiro atoms. The van der Waals surface area contributed by atoms with Gasteiger partial charge in [-0.3, -0.25) is 4.98 Å². The van der Waals surface area contributed by atoms with Gasteiger partial charge in [-0.15, -0.1) is 0 Å². The fraction of sp³-hybridized carbons (Fsp3) is 0.640. The summed E-state index contributed by atoms with van der Waals surface area (Å²) >= 11 is 6.09. The normalized spacial score (nSPS) is 31.3. The lowest BCUT2D eigenvalue weighted by Crippen LogP contribution is -2.55. The number of rotatable bonds is 8. The third-order valence-electron chi connectivity index (χ3n) is 8.08. The van der Waals surface area contributed by atoms with E-state index in [1.54, 1.807) is 0 Å². The Morgan fingerprint density at radius 1 is 1.03 bits per heavy atom. The Morgan fingerprint density at radius 3 is 2.45 bits per heavy atom. The molecule has 1 aromatic heterocycles. The molecule has 0 aliphatic heterocycles. The zero-order valence-electron chi connectivity index (χ0n) is 17.6. The van der Waals surface area contributed by atoms with Gasteiger partial charge in [0.25, 0.3) is 0 Å². The lowest BCUT2D eigenvalue weighted by Gasteiger charge is -2.59. The molecule has 2 aromatic rings. The Bertz CT molecular complexity index is 829. The van der Waals surface area contributed by atoms with Crippen LogP contribution < -0.4 is 10.6 Å². The molecule has 4 bridgehead atoms. The van der Waals surface area contributed by atoms with Crippen molar-refractivity contribution in [2.24, 2.45) is 23.2 Å². The van der Waals surface area contributed by atoms with Crippen LogP contribution in [0.25, 0.3) is 10.9 Å². The van der Waals surface area contributed by atoms with Crippen LogP contribution in [-0.2, 0) is 0 Å². The van der Waals surface area contributed by atoms with Crippen LogP contribution in [0.4, 0.5) is 5.69 Å². The largest absolute Gasteiger partial charge is 0.384 e. The molecule has 4 aliphatic carbocycles. The molecule has 0 amide bonds. The summed E-state index contributed by atoms with van der Waals surface area (Å²) in [5, 5.41) is 9.40. The number of benzene rings is 1. The van der Waals surface area contributed by atoms with Gasteiger partial charge in [-0.05, 0) is 112 Å². The molecule has 2 N–H and O–H groups in total. The first kappa shape index (κ1) is 19.6. The smallest absolute Gasteiger partial charge is 0.0737 e. The molecule has 4 aliphatic rings. The number of hydrogen-bond acceptors (Lipinski definition) is 3. The van der Waals surface area contributed by atoms with Gasteiger partial charge in [-0.2, -0.15) is 0 Å². The van der Waals surface area contributed by atoms with Crippen molar-refractivity contribution in [1.29, 1.82) is 0 Å². The quantitative estimate of drug-likeness (QED) is 0.502. The van der Waals surface area contributed by atoms with Crippen molar-refractivity contribution in [2.45, 2.75) is 64.3 Å². The summed E-state index contributed by atoms with van der Waals surface area (Å²) in [5.41, 5.74) is 2.72. The maximum atomic E-state index is 6.09. The molecule has 1 unspecified atom stereocenters. The van der Waals surface area contributed by atoms with E-state index in [0.29, 0.717) is 11.5 Å². The van der Waals surface area contributed by atoms with Gasteiger partial charge in [-0.25, -0.2) is 0 Å². The maximum absolute atomic E-state index is 6.09. The lowest BCUT2D eigenvalue weighted by atomic mass is 9.48. The van der Waals surface area contributed by atoms with Crippen LogP contribution in [-0.4, -0.2) is 24.1 Å². The van der Waals surface area contributed by atoms with E-state index < -0.39 is 0 Å². The van der Waals surface area contributed by atoms with Crippen LogP contribution in [0.15, 0.2) is 30.5 Å². The van der Waals surface area contributed by atoms with Gasteiger partial charge < -0.3 is 10.6 Å². The minimum Gasteiger partial charge on any atom is -0.384 e. The molecule has 0 saturated heterocycles. The van der Waals surface area contributed by atoms with Crippen molar-refractivity contribution in [1.82, 2.24) is 10.3 Å². The molecular weight excluding hydrogens is 378 g/mol. The molecule has 6 rings (SSSR count). The van der Waals surface area contributed by atoms with E-state index >= 15 is 0 Å². The van der Waals surface area contributed by atoms with E-state index in [4.69, 9.17) is 11.6 Å². The van der Waals surface area contributed by atoms with Crippen molar-refractivity contribution in [3.05, 3.63) is 35.5 Å². The highest BCUT2D eigenvalue weighted by atomic mass is 35.5. The fourth-order valence-electron chi connectivity index (χ4n) is 6.99. The first-order chi connectivity index (χ1) is 14.1. The summed E-state index contributed by atoms with van der Waals surface area (Å²) in [5.74, 6) is 3.12. The van der Waals surface area contributed by atoms with Crippen LogP contribution in [0, 0.1) is 23.2 Å². The molecule has 0 radical (unpaired) electrons. The van der Waals surface area contributed by atoms with Crippen molar-refractivity contribution in [3.63, 3.8) is 0 Å². The second-order valence-corrected chi connectivity index (χ2v) is 10.5. The van der Waals surface area contributed by atoms with E-state index in [1.165, 1.54) is 51.4 Å². The Labute approximate surface area is 180 Å². The molecule has 4 saturated carbocycles. The van der Waals surface area contributed by atoms with E-state index in [9.17, 15) is 0 Å². The summed E-state index contributed by atoms with van der Waals surface area (Å²) in [4.78, 5) is 4.42. The van der Waals surface area contributed by atoms with Crippen molar-refractivity contribution in [3.8, 4) is 0 Å². The molecule has 1 aromatic carbocycles. The molecule has 3 nitrogen and oxygen atoms in total. The SMILES string of the molecule is CC(NCCCCNc1ccnc2cc(Cl)ccc12)C12CC3CC(CC(C3)C1)C2. The van der Waals surface area contributed by atoms with Gasteiger partial charge in [0.05, 0.1) is 5.52 Å². The molecule has 4 fully saturated rings. The highest BCUT2D eigenvalue weighted by Crippen LogP contribution is 2.61. The average Bonchev–Trinajstić information content (AvgIpc) is 2.69. The second-order valence-electron chi connectivity index (χ2n) is 10.1. The van der Waals surface area contributed by atoms with Crippen LogP contribution in [0.1, 0.15) is 58.3 Å². The maximum Gasteiger partial charge on any atom is 0.0737 e. The number of fused-ring (bicyclic) bond motifs is 1. The Hall–Kier alpha value is -1.32. The molecule has 156 valence electrons. The lowest BCUT2D eigenvalue weighted by molar-refractivity contribution is -0.0703. The number of hydrogen-bond donors (Lipinski definition) is 2. The zero-order valence-corrected chi connectivity index (χ0v) is 18.3. The van der Waals surface area contributed by atoms with Crippen molar-refractivity contribution in [2.75, 3.05) is 18.4 Å². The number of anilines is 1. The minimum absolute atomic E-state index is 0.615. The Morgan fingerprint density at radius 2 is 1.72 bits per heavy atom. The fourth-order valence-corrected chi connectivity index (χ4v) is 7.16. The first-order valence-electron chi connectivity index (χ1n) is 11.6. The van der Waals surface area contributed by atoms with Crippen molar-refractivity contribution < 1.29 is 0 Å². The van der Waals surface area contributed by atoms with E-state index in [0.717, 1.165) is 52.5 Å². The molecule has 1 heterocycles. The van der Waals surface area contributed by atoms with E-state index in [-0.39, 0.29) is 0 Å². The summed E-state index contributed by atoms with van der Waals surface area (Å²) in [6, 6.07) is 8.66. The summed E-state index contributed by atoms with van der Waals surface area (Å²) in [7, 11) is 0. The van der Waals surface area contributed by atoms with Gasteiger partial charge in [0.1, 0.15) is 0 Å². The van der Waals surface area contributed by atoms with E-state index in [2.05, 4.69) is 34.7 Å². The first-order valence-corrected chi connectivity index (χ1v) is 12.0. The highest BCUT2D eigenvalue weighted by Gasteiger charge is 2.52. The van der Waals surface area contributed by atoms with Gasteiger partial charge >= 0.3 is 0 Å². The topological polar surface area (TPSA) is 37.0 Å². The number of aromatic nitrogens is 1. The van der Waals surface area contributed by atoms with Gasteiger partial charge in [0.2, 0.25) is 0 Å². The minimum atomic E-state index is 0.615. The average molecular weight is 412 g/mol. The predicted molar refractivity (Wildman–Crippen MR) is 123 cm³/mol. The third-order valence-corrected chi connectivity index (χ3v) is 8.31. The van der Waals surface area contributed by atoms with Crippen LogP contribution >= 0.6 is 11.6 Å². The number of pyridine rings is 1.